The van der Waals surface area contributed by atoms with E-state index in [1.807, 2.05) is 23.6 Å². The molecule has 2 aromatic rings. The molecule has 0 spiro atoms. The third kappa shape index (κ3) is 1.04. The molecule has 0 N–H and O–H groups in total. The van der Waals surface area contributed by atoms with Crippen LogP contribution in [0, 0.1) is 0 Å². The van der Waals surface area contributed by atoms with E-state index in [4.69, 9.17) is 0 Å². The lowest BCUT2D eigenvalue weighted by atomic mass is 9.89. The molecule has 2 nitrogen and oxygen atoms in total. The highest BCUT2D eigenvalue weighted by Gasteiger charge is 2.30. The van der Waals surface area contributed by atoms with Gasteiger partial charge in [-0.2, -0.15) is 0 Å². The van der Waals surface area contributed by atoms with Crippen molar-refractivity contribution in [2.45, 2.75) is 0 Å². The van der Waals surface area contributed by atoms with Crippen molar-refractivity contribution >= 4 is 22.9 Å². The number of fused-ring (bicyclic) bond motifs is 3. The lowest BCUT2D eigenvalue weighted by Crippen LogP contribution is -2.19. The number of carbonyl (C=O) groups is 2. The topological polar surface area (TPSA) is 34.1 Å². The Hall–Kier alpha value is -1.74. The molecule has 0 atom stereocenters. The van der Waals surface area contributed by atoms with Crippen LogP contribution in [0.2, 0.25) is 0 Å². The molecule has 15 heavy (non-hydrogen) atoms. The summed E-state index contributed by atoms with van der Waals surface area (Å²) in [7, 11) is 0. The SMILES string of the molecule is O=C1C(=O)c2sccc2-c2ccccc21. The molecule has 1 aromatic heterocycles. The number of benzene rings is 1. The van der Waals surface area contributed by atoms with Crippen molar-refractivity contribution in [3.63, 3.8) is 0 Å². The molecule has 0 fully saturated rings. The Morgan fingerprint density at radius 2 is 1.53 bits per heavy atom. The summed E-state index contributed by atoms with van der Waals surface area (Å²) in [6, 6.07) is 9.13. The van der Waals surface area contributed by atoms with Gasteiger partial charge < -0.3 is 0 Å². The van der Waals surface area contributed by atoms with Gasteiger partial charge in [-0.1, -0.05) is 24.3 Å². The van der Waals surface area contributed by atoms with Gasteiger partial charge in [-0.15, -0.1) is 11.3 Å². The smallest absolute Gasteiger partial charge is 0.244 e. The average molecular weight is 214 g/mol. The number of ketones is 2. The van der Waals surface area contributed by atoms with E-state index in [2.05, 4.69) is 0 Å². The number of Topliss-reactive ketones (excluding diaryl/α,β-unsaturated/α-hetero) is 2. The van der Waals surface area contributed by atoms with Gasteiger partial charge in [-0.25, -0.2) is 0 Å². The van der Waals surface area contributed by atoms with Gasteiger partial charge in [0, 0.05) is 11.1 Å². The van der Waals surface area contributed by atoms with Gasteiger partial charge in [0.15, 0.2) is 0 Å². The summed E-state index contributed by atoms with van der Waals surface area (Å²) < 4.78 is 0. The van der Waals surface area contributed by atoms with Gasteiger partial charge in [0.25, 0.3) is 0 Å². The number of carbonyl (C=O) groups excluding carboxylic acids is 2. The first-order valence-electron chi connectivity index (χ1n) is 4.55. The van der Waals surface area contributed by atoms with Crippen molar-refractivity contribution < 1.29 is 9.59 Å². The van der Waals surface area contributed by atoms with E-state index in [-0.39, 0.29) is 11.6 Å². The fourth-order valence-corrected chi connectivity index (χ4v) is 2.68. The summed E-state index contributed by atoms with van der Waals surface area (Å²) in [6.45, 7) is 0. The molecule has 0 saturated carbocycles. The zero-order valence-corrected chi connectivity index (χ0v) is 8.51. The second-order valence-corrected chi connectivity index (χ2v) is 4.28. The molecule has 1 heterocycles. The molecule has 0 amide bonds. The van der Waals surface area contributed by atoms with Crippen LogP contribution < -0.4 is 0 Å². The Balaban J connectivity index is 2.42. The zero-order chi connectivity index (χ0) is 10.4. The maximum absolute atomic E-state index is 11.7. The van der Waals surface area contributed by atoms with Crippen LogP contribution in [0.5, 0.6) is 0 Å². The van der Waals surface area contributed by atoms with Gasteiger partial charge in [-0.05, 0) is 17.0 Å². The molecular weight excluding hydrogens is 208 g/mol. The molecule has 0 radical (unpaired) electrons. The molecule has 0 bridgehead atoms. The largest absolute Gasteiger partial charge is 0.285 e. The Kier molecular flexibility index (Phi) is 1.64. The molecule has 0 unspecified atom stereocenters. The van der Waals surface area contributed by atoms with Crippen LogP contribution in [0.15, 0.2) is 35.7 Å². The van der Waals surface area contributed by atoms with Crippen molar-refractivity contribution in [1.82, 2.24) is 0 Å². The van der Waals surface area contributed by atoms with E-state index in [0.717, 1.165) is 11.1 Å². The first-order chi connectivity index (χ1) is 7.29. The highest BCUT2D eigenvalue weighted by atomic mass is 32.1. The summed E-state index contributed by atoms with van der Waals surface area (Å²) >= 11 is 1.33. The molecular formula is C12H6O2S. The molecule has 72 valence electrons. The lowest BCUT2D eigenvalue weighted by molar-refractivity contribution is 0.0818. The van der Waals surface area contributed by atoms with Crippen LogP contribution in [0.1, 0.15) is 20.0 Å². The third-order valence-electron chi connectivity index (χ3n) is 2.54. The van der Waals surface area contributed by atoms with Crippen molar-refractivity contribution in [2.75, 3.05) is 0 Å². The predicted molar refractivity (Wildman–Crippen MR) is 58.4 cm³/mol. The van der Waals surface area contributed by atoms with Crippen LogP contribution in [0.3, 0.4) is 0 Å². The second-order valence-electron chi connectivity index (χ2n) is 3.37. The summed E-state index contributed by atoms with van der Waals surface area (Å²) in [5.74, 6) is -0.765. The van der Waals surface area contributed by atoms with Crippen LogP contribution in [0.4, 0.5) is 0 Å². The van der Waals surface area contributed by atoms with Gasteiger partial charge in [0.2, 0.25) is 11.6 Å². The fourth-order valence-electron chi connectivity index (χ4n) is 1.84. The average Bonchev–Trinajstić information content (AvgIpc) is 2.75. The normalized spacial score (nSPS) is 13.6. The van der Waals surface area contributed by atoms with Gasteiger partial charge in [0.05, 0.1) is 4.88 Å². The molecule has 3 rings (SSSR count). The van der Waals surface area contributed by atoms with Crippen molar-refractivity contribution in [2.24, 2.45) is 0 Å². The number of hydrogen-bond donors (Lipinski definition) is 0. The van der Waals surface area contributed by atoms with Crippen LogP contribution in [-0.2, 0) is 0 Å². The fraction of sp³-hybridized carbons (Fsp3) is 0. The maximum atomic E-state index is 11.7. The quantitative estimate of drug-likeness (QED) is 0.632. The van der Waals surface area contributed by atoms with Gasteiger partial charge in [0.1, 0.15) is 0 Å². The van der Waals surface area contributed by atoms with Crippen LogP contribution in [0.25, 0.3) is 11.1 Å². The summed E-state index contributed by atoms with van der Waals surface area (Å²) in [6.07, 6.45) is 0. The third-order valence-corrected chi connectivity index (χ3v) is 3.45. The van der Waals surface area contributed by atoms with E-state index >= 15 is 0 Å². The minimum Gasteiger partial charge on any atom is -0.285 e. The first kappa shape index (κ1) is 8.56. The van der Waals surface area contributed by atoms with E-state index in [0.29, 0.717) is 10.4 Å². The zero-order valence-electron chi connectivity index (χ0n) is 7.69. The molecule has 1 aliphatic carbocycles. The monoisotopic (exact) mass is 214 g/mol. The second kappa shape index (κ2) is 2.87. The Labute approximate surface area is 90.2 Å². The Bertz CT molecular complexity index is 581. The predicted octanol–water partition coefficient (Wildman–Crippen LogP) is 2.79. The Morgan fingerprint density at radius 1 is 0.800 bits per heavy atom. The van der Waals surface area contributed by atoms with E-state index < -0.39 is 0 Å². The molecule has 1 aliphatic rings. The highest BCUT2D eigenvalue weighted by Crippen LogP contribution is 2.36. The van der Waals surface area contributed by atoms with E-state index in [1.165, 1.54) is 11.3 Å². The molecule has 1 aromatic carbocycles. The van der Waals surface area contributed by atoms with Gasteiger partial charge >= 0.3 is 0 Å². The minimum absolute atomic E-state index is 0.376. The summed E-state index contributed by atoms with van der Waals surface area (Å²) in [4.78, 5) is 24.0. The summed E-state index contributed by atoms with van der Waals surface area (Å²) in [5.41, 5.74) is 2.28. The highest BCUT2D eigenvalue weighted by molar-refractivity contribution is 7.13. The number of hydrogen-bond acceptors (Lipinski definition) is 3. The van der Waals surface area contributed by atoms with E-state index in [1.54, 1.807) is 12.1 Å². The van der Waals surface area contributed by atoms with Crippen molar-refractivity contribution in [3.8, 4) is 11.1 Å². The minimum atomic E-state index is -0.388. The molecule has 0 saturated heterocycles. The van der Waals surface area contributed by atoms with Crippen LogP contribution >= 0.6 is 11.3 Å². The van der Waals surface area contributed by atoms with Crippen molar-refractivity contribution in [3.05, 3.63) is 46.2 Å². The van der Waals surface area contributed by atoms with Gasteiger partial charge in [-0.3, -0.25) is 9.59 Å². The van der Waals surface area contributed by atoms with Crippen molar-refractivity contribution in [1.29, 1.82) is 0 Å². The maximum Gasteiger partial charge on any atom is 0.244 e. The number of rotatable bonds is 0. The number of thiophene rings is 1. The van der Waals surface area contributed by atoms with Crippen LogP contribution in [-0.4, -0.2) is 11.6 Å². The Morgan fingerprint density at radius 3 is 2.33 bits per heavy atom. The van der Waals surface area contributed by atoms with E-state index in [9.17, 15) is 9.59 Å². The first-order valence-corrected chi connectivity index (χ1v) is 5.43. The lowest BCUT2D eigenvalue weighted by Gasteiger charge is -2.13. The standard InChI is InChI=1S/C12H6O2S/c13-10-8-4-2-1-3-7(8)9-5-6-15-12(9)11(10)14/h1-6H. The molecule has 0 aliphatic heterocycles. The molecule has 3 heteroatoms. The summed E-state index contributed by atoms with van der Waals surface area (Å²) in [5, 5.41) is 1.85.